The van der Waals surface area contributed by atoms with Crippen LogP contribution in [0.2, 0.25) is 0 Å². The Morgan fingerprint density at radius 2 is 1.78 bits per heavy atom. The van der Waals surface area contributed by atoms with Crippen molar-refractivity contribution in [1.82, 2.24) is 0 Å². The molecule has 2 nitrogen and oxygen atoms in total. The number of anilines is 1. The standard InChI is InChI=1S/C13H16F3NO/c1-2-3-4-5-12(18)17-11-8-6-10(7-9-11)13(14,15)16/h6-9H,2-5H2,1H3,(H,17,18). The zero-order chi connectivity index (χ0) is 13.6. The van der Waals surface area contributed by atoms with E-state index >= 15 is 0 Å². The third-order valence-electron chi connectivity index (χ3n) is 2.50. The van der Waals surface area contributed by atoms with Crippen LogP contribution in [0.1, 0.15) is 38.2 Å². The normalized spacial score (nSPS) is 11.3. The van der Waals surface area contributed by atoms with E-state index in [1.165, 1.54) is 12.1 Å². The molecule has 1 rings (SSSR count). The highest BCUT2D eigenvalue weighted by Gasteiger charge is 2.29. The van der Waals surface area contributed by atoms with Gasteiger partial charge in [-0.1, -0.05) is 19.8 Å². The Morgan fingerprint density at radius 3 is 2.28 bits per heavy atom. The molecule has 1 amide bonds. The van der Waals surface area contributed by atoms with Gasteiger partial charge < -0.3 is 5.32 Å². The molecule has 0 saturated heterocycles. The third kappa shape index (κ3) is 4.77. The van der Waals surface area contributed by atoms with Gasteiger partial charge in [0.1, 0.15) is 0 Å². The van der Waals surface area contributed by atoms with Gasteiger partial charge in [-0.3, -0.25) is 4.79 Å². The lowest BCUT2D eigenvalue weighted by Gasteiger charge is -2.08. The van der Waals surface area contributed by atoms with Crippen LogP contribution >= 0.6 is 0 Å². The summed E-state index contributed by atoms with van der Waals surface area (Å²) in [5, 5.41) is 2.57. The average molecular weight is 259 g/mol. The lowest BCUT2D eigenvalue weighted by molar-refractivity contribution is -0.137. The van der Waals surface area contributed by atoms with Crippen molar-refractivity contribution in [2.45, 2.75) is 38.8 Å². The van der Waals surface area contributed by atoms with Gasteiger partial charge in [-0.15, -0.1) is 0 Å². The smallest absolute Gasteiger partial charge is 0.326 e. The number of halogens is 3. The van der Waals surface area contributed by atoms with Crippen molar-refractivity contribution < 1.29 is 18.0 Å². The first-order chi connectivity index (χ1) is 8.43. The SMILES string of the molecule is CCCCCC(=O)Nc1ccc(C(F)(F)F)cc1. The van der Waals surface area contributed by atoms with Gasteiger partial charge in [-0.25, -0.2) is 0 Å². The van der Waals surface area contributed by atoms with Crippen molar-refractivity contribution in [2.75, 3.05) is 5.32 Å². The third-order valence-corrected chi connectivity index (χ3v) is 2.50. The van der Waals surface area contributed by atoms with Crippen LogP contribution in [-0.2, 0) is 11.0 Å². The Labute approximate surface area is 104 Å². The molecule has 0 heterocycles. The summed E-state index contributed by atoms with van der Waals surface area (Å²) in [5.74, 6) is -0.164. The van der Waals surface area contributed by atoms with Gasteiger partial charge in [0.15, 0.2) is 0 Å². The zero-order valence-corrected chi connectivity index (χ0v) is 10.2. The van der Waals surface area contributed by atoms with Gasteiger partial charge in [-0.2, -0.15) is 13.2 Å². The van der Waals surface area contributed by atoms with Gasteiger partial charge >= 0.3 is 6.18 Å². The van der Waals surface area contributed by atoms with Crippen LogP contribution in [0, 0.1) is 0 Å². The van der Waals surface area contributed by atoms with E-state index in [1.807, 2.05) is 6.92 Å². The van der Waals surface area contributed by atoms with Crippen LogP contribution in [0.5, 0.6) is 0 Å². The largest absolute Gasteiger partial charge is 0.416 e. The second-order valence-corrected chi connectivity index (χ2v) is 4.08. The van der Waals surface area contributed by atoms with E-state index in [1.54, 1.807) is 0 Å². The first kappa shape index (κ1) is 14.5. The fourth-order valence-corrected chi connectivity index (χ4v) is 1.50. The molecule has 5 heteroatoms. The van der Waals surface area contributed by atoms with Gasteiger partial charge in [0, 0.05) is 12.1 Å². The molecule has 18 heavy (non-hydrogen) atoms. The fraction of sp³-hybridized carbons (Fsp3) is 0.462. The van der Waals surface area contributed by atoms with E-state index in [0.717, 1.165) is 31.4 Å². The van der Waals surface area contributed by atoms with Crippen LogP contribution in [0.4, 0.5) is 18.9 Å². The Hall–Kier alpha value is -1.52. The van der Waals surface area contributed by atoms with E-state index in [4.69, 9.17) is 0 Å². The molecule has 0 radical (unpaired) electrons. The Kier molecular flexibility index (Phi) is 5.19. The summed E-state index contributed by atoms with van der Waals surface area (Å²) >= 11 is 0. The molecular formula is C13H16F3NO. The van der Waals surface area contributed by atoms with Gasteiger partial charge in [0.05, 0.1) is 5.56 Å². The minimum Gasteiger partial charge on any atom is -0.326 e. The molecule has 0 aromatic heterocycles. The number of alkyl halides is 3. The summed E-state index contributed by atoms with van der Waals surface area (Å²) in [6, 6.07) is 4.45. The molecular weight excluding hydrogens is 243 g/mol. The van der Waals surface area contributed by atoms with Gasteiger partial charge in [0.25, 0.3) is 0 Å². The van der Waals surface area contributed by atoms with E-state index in [-0.39, 0.29) is 5.91 Å². The predicted octanol–water partition coefficient (Wildman–Crippen LogP) is 4.22. The fourth-order valence-electron chi connectivity index (χ4n) is 1.50. The molecule has 0 spiro atoms. The molecule has 0 aliphatic rings. The van der Waals surface area contributed by atoms with Crippen LogP contribution in [0.25, 0.3) is 0 Å². The summed E-state index contributed by atoms with van der Waals surface area (Å²) in [6.45, 7) is 2.04. The summed E-state index contributed by atoms with van der Waals surface area (Å²) in [5.41, 5.74) is -0.323. The second kappa shape index (κ2) is 6.42. The molecule has 0 unspecified atom stereocenters. The van der Waals surface area contributed by atoms with E-state index < -0.39 is 11.7 Å². The number of amides is 1. The number of rotatable bonds is 5. The van der Waals surface area contributed by atoms with Crippen LogP contribution < -0.4 is 5.32 Å². The molecule has 0 aliphatic heterocycles. The second-order valence-electron chi connectivity index (χ2n) is 4.08. The Morgan fingerprint density at radius 1 is 1.17 bits per heavy atom. The van der Waals surface area contributed by atoms with E-state index in [2.05, 4.69) is 5.32 Å². The average Bonchev–Trinajstić information content (AvgIpc) is 2.29. The van der Waals surface area contributed by atoms with Crippen molar-refractivity contribution in [3.8, 4) is 0 Å². The Balaban J connectivity index is 2.51. The molecule has 0 bridgehead atoms. The Bertz CT molecular complexity index is 384. The van der Waals surface area contributed by atoms with E-state index in [0.29, 0.717) is 12.1 Å². The number of hydrogen-bond acceptors (Lipinski definition) is 1. The zero-order valence-electron chi connectivity index (χ0n) is 10.2. The number of benzene rings is 1. The number of carbonyl (C=O) groups is 1. The number of unbranched alkanes of at least 4 members (excludes halogenated alkanes) is 2. The van der Waals surface area contributed by atoms with Crippen molar-refractivity contribution in [2.24, 2.45) is 0 Å². The van der Waals surface area contributed by atoms with Crippen molar-refractivity contribution in [3.63, 3.8) is 0 Å². The molecule has 0 saturated carbocycles. The number of carbonyl (C=O) groups excluding carboxylic acids is 1. The minimum atomic E-state index is -4.34. The highest BCUT2D eigenvalue weighted by Crippen LogP contribution is 2.29. The summed E-state index contributed by atoms with van der Waals surface area (Å²) < 4.78 is 36.9. The maximum Gasteiger partial charge on any atom is 0.416 e. The molecule has 1 N–H and O–H groups in total. The van der Waals surface area contributed by atoms with Crippen LogP contribution in [0.15, 0.2) is 24.3 Å². The van der Waals surface area contributed by atoms with Crippen LogP contribution in [-0.4, -0.2) is 5.91 Å². The monoisotopic (exact) mass is 259 g/mol. The van der Waals surface area contributed by atoms with Crippen molar-refractivity contribution in [1.29, 1.82) is 0 Å². The number of nitrogens with one attached hydrogen (secondary N) is 1. The van der Waals surface area contributed by atoms with Gasteiger partial charge in [0.2, 0.25) is 5.91 Å². The molecule has 0 atom stereocenters. The first-order valence-corrected chi connectivity index (χ1v) is 5.90. The topological polar surface area (TPSA) is 29.1 Å². The predicted molar refractivity (Wildman–Crippen MR) is 64.2 cm³/mol. The van der Waals surface area contributed by atoms with Crippen molar-refractivity contribution >= 4 is 11.6 Å². The maximum absolute atomic E-state index is 12.3. The molecule has 1 aromatic carbocycles. The molecule has 0 fully saturated rings. The molecule has 100 valence electrons. The highest BCUT2D eigenvalue weighted by molar-refractivity contribution is 5.90. The minimum absolute atomic E-state index is 0.164. The maximum atomic E-state index is 12.3. The van der Waals surface area contributed by atoms with E-state index in [9.17, 15) is 18.0 Å². The lowest BCUT2D eigenvalue weighted by Crippen LogP contribution is -2.11. The van der Waals surface area contributed by atoms with Crippen molar-refractivity contribution in [3.05, 3.63) is 29.8 Å². The number of hydrogen-bond donors (Lipinski definition) is 1. The summed E-state index contributed by atoms with van der Waals surface area (Å²) in [7, 11) is 0. The summed E-state index contributed by atoms with van der Waals surface area (Å²) in [6.07, 6.45) is -1.16. The summed E-state index contributed by atoms with van der Waals surface area (Å²) in [4.78, 5) is 11.4. The molecule has 1 aromatic rings. The highest BCUT2D eigenvalue weighted by atomic mass is 19.4. The van der Waals surface area contributed by atoms with Crippen LogP contribution in [0.3, 0.4) is 0 Å². The quantitative estimate of drug-likeness (QED) is 0.788. The first-order valence-electron chi connectivity index (χ1n) is 5.90. The van der Waals surface area contributed by atoms with Gasteiger partial charge in [-0.05, 0) is 30.7 Å². The lowest BCUT2D eigenvalue weighted by atomic mass is 10.2. The molecule has 0 aliphatic carbocycles.